The van der Waals surface area contributed by atoms with Crippen molar-refractivity contribution in [3.63, 3.8) is 0 Å². The smallest absolute Gasteiger partial charge is 0.550 e. The van der Waals surface area contributed by atoms with Crippen molar-refractivity contribution in [3.05, 3.63) is 24.3 Å². The minimum absolute atomic E-state index is 0. The van der Waals surface area contributed by atoms with E-state index in [9.17, 15) is 19.8 Å². The Kier molecular flexibility index (Phi) is 42.7. The number of allylic oxidation sites excluding steroid dienone is 4. The van der Waals surface area contributed by atoms with Crippen LogP contribution in [0.3, 0.4) is 0 Å². The van der Waals surface area contributed by atoms with Crippen LogP contribution in [0.5, 0.6) is 0 Å². The maximum atomic E-state index is 10.2. The molecule has 0 rings (SSSR count). The molecular weight excluding hydrogens is 538 g/mol. The standard InChI is InChI=1S/2C17H32O2.Zn/c2*1-2-3-4-5-6-7-8-9-10-11-12-13-14-15-16-17(18)19;/h2*2-3H,4-16H2,1H3,(H,18,19);/q;;+2/p-2. The average Bonchev–Trinajstić information content (AvgIpc) is 2.89. The van der Waals surface area contributed by atoms with Gasteiger partial charge in [0.15, 0.2) is 0 Å². The molecule has 0 bridgehead atoms. The first-order chi connectivity index (χ1) is 18.5. The van der Waals surface area contributed by atoms with Crippen LogP contribution in [0.4, 0.5) is 0 Å². The van der Waals surface area contributed by atoms with E-state index in [-0.39, 0.29) is 32.3 Å². The van der Waals surface area contributed by atoms with Crippen LogP contribution in [-0.4, -0.2) is 11.9 Å². The first kappa shape index (κ1) is 42.5. The van der Waals surface area contributed by atoms with Crippen molar-refractivity contribution < 1.29 is 39.3 Å². The molecule has 39 heavy (non-hydrogen) atoms. The molecule has 0 heterocycles. The Morgan fingerprint density at radius 2 is 0.615 bits per heavy atom. The number of carboxylic acid groups (broad SMARTS) is 2. The summed E-state index contributed by atoms with van der Waals surface area (Å²) in [5.41, 5.74) is 0. The molecule has 0 aliphatic heterocycles. The van der Waals surface area contributed by atoms with Crippen LogP contribution in [-0.2, 0) is 29.1 Å². The van der Waals surface area contributed by atoms with Crippen LogP contribution in [0.15, 0.2) is 24.3 Å². The van der Waals surface area contributed by atoms with Crippen molar-refractivity contribution in [1.29, 1.82) is 0 Å². The summed E-state index contributed by atoms with van der Waals surface area (Å²) in [4.78, 5) is 20.4. The third kappa shape index (κ3) is 47.2. The van der Waals surface area contributed by atoms with Gasteiger partial charge in [-0.2, -0.15) is 0 Å². The Hall–Kier alpha value is -0.957. The van der Waals surface area contributed by atoms with Gasteiger partial charge >= 0.3 is 19.5 Å². The molecule has 0 spiro atoms. The number of rotatable bonds is 28. The van der Waals surface area contributed by atoms with E-state index in [0.717, 1.165) is 25.7 Å². The third-order valence-corrected chi connectivity index (χ3v) is 6.97. The van der Waals surface area contributed by atoms with E-state index in [0.29, 0.717) is 0 Å². The summed E-state index contributed by atoms with van der Waals surface area (Å²) < 4.78 is 0. The summed E-state index contributed by atoms with van der Waals surface area (Å²) in [5, 5.41) is 20.4. The maximum Gasteiger partial charge on any atom is 2.00 e. The minimum Gasteiger partial charge on any atom is -0.550 e. The summed E-state index contributed by atoms with van der Waals surface area (Å²) >= 11 is 0. The Morgan fingerprint density at radius 3 is 0.821 bits per heavy atom. The first-order valence-electron chi connectivity index (χ1n) is 16.2. The molecule has 0 atom stereocenters. The summed E-state index contributed by atoms with van der Waals surface area (Å²) in [5.74, 6) is -1.82. The van der Waals surface area contributed by atoms with Gasteiger partial charge in [0.2, 0.25) is 0 Å². The van der Waals surface area contributed by atoms with Crippen molar-refractivity contribution >= 4 is 11.9 Å². The number of aliphatic carboxylic acids is 2. The number of hydrogen-bond donors (Lipinski definition) is 0. The molecule has 0 aliphatic carbocycles. The molecular formula is C34H62O4Zn. The second-order valence-electron chi connectivity index (χ2n) is 10.7. The van der Waals surface area contributed by atoms with Gasteiger partial charge in [0.25, 0.3) is 0 Å². The molecule has 5 heteroatoms. The van der Waals surface area contributed by atoms with E-state index in [2.05, 4.69) is 38.2 Å². The minimum atomic E-state index is -0.908. The normalized spacial score (nSPS) is 10.9. The molecule has 0 saturated heterocycles. The molecule has 0 radical (unpaired) electrons. The van der Waals surface area contributed by atoms with Crippen molar-refractivity contribution in [2.75, 3.05) is 0 Å². The number of unbranched alkanes of at least 4 members (excludes halogenated alkanes) is 22. The van der Waals surface area contributed by atoms with Gasteiger partial charge < -0.3 is 19.8 Å². The molecule has 0 amide bonds. The van der Waals surface area contributed by atoms with Crippen LogP contribution in [0.1, 0.15) is 181 Å². The van der Waals surface area contributed by atoms with Crippen LogP contribution in [0.2, 0.25) is 0 Å². The molecule has 0 aromatic rings. The number of carboxylic acids is 2. The summed E-state index contributed by atoms with van der Waals surface area (Å²) in [6, 6.07) is 0. The van der Waals surface area contributed by atoms with Crippen molar-refractivity contribution in [3.8, 4) is 0 Å². The Bertz CT molecular complexity index is 497. The first-order valence-corrected chi connectivity index (χ1v) is 16.2. The summed E-state index contributed by atoms with van der Waals surface area (Å²) in [6.07, 6.45) is 39.2. The molecule has 0 saturated carbocycles. The zero-order valence-corrected chi connectivity index (χ0v) is 29.0. The van der Waals surface area contributed by atoms with Gasteiger partial charge in [0.05, 0.1) is 0 Å². The fourth-order valence-electron chi connectivity index (χ4n) is 4.58. The summed E-state index contributed by atoms with van der Waals surface area (Å²) in [6.45, 7) is 4.16. The van der Waals surface area contributed by atoms with Gasteiger partial charge in [-0.05, 0) is 65.2 Å². The van der Waals surface area contributed by atoms with E-state index in [4.69, 9.17) is 0 Å². The van der Waals surface area contributed by atoms with Crippen LogP contribution in [0.25, 0.3) is 0 Å². The van der Waals surface area contributed by atoms with E-state index < -0.39 is 11.9 Å². The fourth-order valence-corrected chi connectivity index (χ4v) is 4.58. The number of carbonyl (C=O) groups is 2. The fraction of sp³-hybridized carbons (Fsp3) is 0.824. The van der Waals surface area contributed by atoms with Crippen molar-refractivity contribution in [2.45, 2.75) is 181 Å². The SMILES string of the molecule is CC=CCCCCCCCCCCCCCC(=O)[O-].CC=CCCCCCCCCCCCCCC(=O)[O-].[Zn+2]. The van der Waals surface area contributed by atoms with Gasteiger partial charge in [-0.3, -0.25) is 0 Å². The molecule has 4 nitrogen and oxygen atoms in total. The van der Waals surface area contributed by atoms with Gasteiger partial charge in [0.1, 0.15) is 0 Å². The second kappa shape index (κ2) is 39.2. The molecule has 0 aromatic heterocycles. The van der Waals surface area contributed by atoms with Gasteiger partial charge in [0, 0.05) is 11.9 Å². The molecule has 224 valence electrons. The van der Waals surface area contributed by atoms with Crippen molar-refractivity contribution in [1.82, 2.24) is 0 Å². The monoisotopic (exact) mass is 598 g/mol. The van der Waals surface area contributed by atoms with Crippen LogP contribution >= 0.6 is 0 Å². The van der Waals surface area contributed by atoms with Crippen LogP contribution < -0.4 is 10.2 Å². The van der Waals surface area contributed by atoms with E-state index in [1.54, 1.807) is 0 Å². The largest absolute Gasteiger partial charge is 2.00 e. The second-order valence-corrected chi connectivity index (χ2v) is 10.7. The Morgan fingerprint density at radius 1 is 0.410 bits per heavy atom. The molecule has 0 N–H and O–H groups in total. The summed E-state index contributed by atoms with van der Waals surface area (Å²) in [7, 11) is 0. The quantitative estimate of drug-likeness (QED) is 0.0511. The van der Waals surface area contributed by atoms with Gasteiger partial charge in [-0.1, -0.05) is 140 Å². The van der Waals surface area contributed by atoms with Crippen molar-refractivity contribution in [2.24, 2.45) is 0 Å². The topological polar surface area (TPSA) is 80.3 Å². The zero-order chi connectivity index (χ0) is 28.4. The van der Waals surface area contributed by atoms with E-state index in [1.165, 1.54) is 128 Å². The number of carbonyl (C=O) groups excluding carboxylic acids is 2. The third-order valence-electron chi connectivity index (χ3n) is 6.97. The van der Waals surface area contributed by atoms with Gasteiger partial charge in [-0.25, -0.2) is 0 Å². The zero-order valence-electron chi connectivity index (χ0n) is 26.0. The molecule has 0 unspecified atom stereocenters. The van der Waals surface area contributed by atoms with Gasteiger partial charge in [-0.15, -0.1) is 0 Å². The molecule has 0 fully saturated rings. The van der Waals surface area contributed by atoms with E-state index >= 15 is 0 Å². The Balaban J connectivity index is -0.000000648. The average molecular weight is 600 g/mol. The predicted octanol–water partition coefficient (Wildman–Crippen LogP) is 8.76. The maximum absolute atomic E-state index is 10.2. The Labute approximate surface area is 255 Å². The van der Waals surface area contributed by atoms with Crippen LogP contribution in [0, 0.1) is 0 Å². The molecule has 0 aromatic carbocycles. The number of hydrogen-bond acceptors (Lipinski definition) is 4. The molecule has 0 aliphatic rings. The predicted molar refractivity (Wildman–Crippen MR) is 160 cm³/mol. The van der Waals surface area contributed by atoms with E-state index in [1.807, 2.05) is 0 Å².